The second-order valence-electron chi connectivity index (χ2n) is 4.00. The molecule has 0 saturated carbocycles. The first-order chi connectivity index (χ1) is 9.65. The van der Waals surface area contributed by atoms with Gasteiger partial charge in [-0.15, -0.1) is 0 Å². The number of carbonyl (C=O) groups excluding carboxylic acids is 1. The zero-order chi connectivity index (χ0) is 14.8. The smallest absolute Gasteiger partial charge is 0.330 e. The maximum absolute atomic E-state index is 11.6. The van der Waals surface area contributed by atoms with Gasteiger partial charge in [0.15, 0.2) is 6.04 Å². The Labute approximate surface area is 117 Å². The van der Waals surface area contributed by atoms with Gasteiger partial charge in [0.2, 0.25) is 5.91 Å². The predicted octanol–water partition coefficient (Wildman–Crippen LogP) is 0.982. The fraction of sp³-hybridized carbons (Fsp3) is 0.429. The largest absolute Gasteiger partial charge is 0.479 e. The van der Waals surface area contributed by atoms with E-state index in [2.05, 4.69) is 5.32 Å². The number of amides is 1. The lowest BCUT2D eigenvalue weighted by Crippen LogP contribution is -2.36. The van der Waals surface area contributed by atoms with E-state index < -0.39 is 17.9 Å². The van der Waals surface area contributed by atoms with Crippen molar-refractivity contribution in [2.75, 3.05) is 26.4 Å². The average molecular weight is 281 g/mol. The van der Waals surface area contributed by atoms with Crippen molar-refractivity contribution in [2.45, 2.75) is 13.0 Å². The second-order valence-corrected chi connectivity index (χ2v) is 4.00. The molecule has 0 radical (unpaired) electrons. The summed E-state index contributed by atoms with van der Waals surface area (Å²) in [6, 6.07) is 7.44. The first-order valence-corrected chi connectivity index (χ1v) is 6.37. The Balaban J connectivity index is 2.43. The lowest BCUT2D eigenvalue weighted by Gasteiger charge is -2.14. The molecular formula is C14H19NO5. The molecule has 1 unspecified atom stereocenters. The van der Waals surface area contributed by atoms with Crippen LogP contribution in [0.3, 0.4) is 0 Å². The lowest BCUT2D eigenvalue weighted by atomic mass is 10.1. The van der Waals surface area contributed by atoms with Gasteiger partial charge in [-0.05, 0) is 12.5 Å². The number of carboxylic acids is 1. The van der Waals surface area contributed by atoms with E-state index in [1.54, 1.807) is 30.3 Å². The van der Waals surface area contributed by atoms with E-state index in [1.165, 1.54) is 0 Å². The van der Waals surface area contributed by atoms with Crippen LogP contribution >= 0.6 is 0 Å². The molecule has 1 rings (SSSR count). The van der Waals surface area contributed by atoms with Crippen LogP contribution in [0.25, 0.3) is 0 Å². The predicted molar refractivity (Wildman–Crippen MR) is 72.3 cm³/mol. The summed E-state index contributed by atoms with van der Waals surface area (Å²) in [7, 11) is 0. The van der Waals surface area contributed by atoms with Gasteiger partial charge in [0.05, 0.1) is 13.2 Å². The van der Waals surface area contributed by atoms with Gasteiger partial charge in [0.1, 0.15) is 6.61 Å². The molecule has 1 aromatic rings. The van der Waals surface area contributed by atoms with Crippen molar-refractivity contribution >= 4 is 11.9 Å². The number of aliphatic carboxylic acids is 1. The average Bonchev–Trinajstić information content (AvgIpc) is 2.45. The molecule has 6 nitrogen and oxygen atoms in total. The van der Waals surface area contributed by atoms with Crippen molar-refractivity contribution in [1.82, 2.24) is 5.32 Å². The van der Waals surface area contributed by atoms with Crippen LogP contribution in [0.2, 0.25) is 0 Å². The summed E-state index contributed by atoms with van der Waals surface area (Å²) >= 11 is 0. The Kier molecular flexibility index (Phi) is 7.31. The molecular weight excluding hydrogens is 262 g/mol. The summed E-state index contributed by atoms with van der Waals surface area (Å²) in [6.07, 6.45) is 0. The number of ether oxygens (including phenoxy) is 2. The molecule has 2 N–H and O–H groups in total. The molecule has 1 amide bonds. The summed E-state index contributed by atoms with van der Waals surface area (Å²) in [6.45, 7) is 2.97. The van der Waals surface area contributed by atoms with Crippen molar-refractivity contribution in [3.05, 3.63) is 35.9 Å². The van der Waals surface area contributed by atoms with Crippen LogP contribution in [0.4, 0.5) is 0 Å². The van der Waals surface area contributed by atoms with E-state index in [0.717, 1.165) is 0 Å². The number of nitrogens with one attached hydrogen (secondary N) is 1. The highest BCUT2D eigenvalue weighted by atomic mass is 16.5. The number of rotatable bonds is 9. The van der Waals surface area contributed by atoms with Gasteiger partial charge in [-0.25, -0.2) is 4.79 Å². The van der Waals surface area contributed by atoms with Crippen LogP contribution < -0.4 is 5.32 Å². The van der Waals surface area contributed by atoms with Crippen LogP contribution in [0.5, 0.6) is 0 Å². The van der Waals surface area contributed by atoms with Gasteiger partial charge in [0, 0.05) is 6.61 Å². The molecule has 0 bridgehead atoms. The highest BCUT2D eigenvalue weighted by Crippen LogP contribution is 2.12. The van der Waals surface area contributed by atoms with Crippen molar-refractivity contribution in [2.24, 2.45) is 0 Å². The lowest BCUT2D eigenvalue weighted by molar-refractivity contribution is -0.142. The molecule has 0 saturated heterocycles. The van der Waals surface area contributed by atoms with Crippen LogP contribution in [-0.2, 0) is 19.1 Å². The van der Waals surface area contributed by atoms with Gasteiger partial charge >= 0.3 is 5.97 Å². The highest BCUT2D eigenvalue weighted by Gasteiger charge is 2.21. The maximum atomic E-state index is 11.6. The molecule has 0 aromatic heterocycles. The minimum atomic E-state index is -1.11. The summed E-state index contributed by atoms with van der Waals surface area (Å²) < 4.78 is 10.1. The van der Waals surface area contributed by atoms with Crippen LogP contribution in [0.15, 0.2) is 30.3 Å². The summed E-state index contributed by atoms with van der Waals surface area (Å²) in [5.41, 5.74) is 0.516. The van der Waals surface area contributed by atoms with Crippen LogP contribution in [-0.4, -0.2) is 43.4 Å². The standard InChI is InChI=1S/C14H19NO5/c1-2-19-8-9-20-10-12(16)15-13(14(17)18)11-6-4-3-5-7-11/h3-7,13H,2,8-10H2,1H3,(H,15,16)(H,17,18). The number of carboxylic acid groups (broad SMARTS) is 1. The third-order valence-corrected chi connectivity index (χ3v) is 2.49. The minimum absolute atomic E-state index is 0.191. The van der Waals surface area contributed by atoms with E-state index in [9.17, 15) is 9.59 Å². The summed E-state index contributed by atoms with van der Waals surface area (Å²) in [4.78, 5) is 22.8. The van der Waals surface area contributed by atoms with Gasteiger partial charge in [-0.3, -0.25) is 4.79 Å². The third-order valence-electron chi connectivity index (χ3n) is 2.49. The Hall–Kier alpha value is -1.92. The zero-order valence-electron chi connectivity index (χ0n) is 11.4. The van der Waals surface area contributed by atoms with Gasteiger partial charge < -0.3 is 19.9 Å². The maximum Gasteiger partial charge on any atom is 0.330 e. The number of benzene rings is 1. The van der Waals surface area contributed by atoms with Crippen molar-refractivity contribution in [1.29, 1.82) is 0 Å². The van der Waals surface area contributed by atoms with Crippen LogP contribution in [0.1, 0.15) is 18.5 Å². The third kappa shape index (κ3) is 5.81. The Bertz CT molecular complexity index is 421. The van der Waals surface area contributed by atoms with Gasteiger partial charge in [-0.1, -0.05) is 30.3 Å². The van der Waals surface area contributed by atoms with E-state index in [1.807, 2.05) is 6.92 Å². The van der Waals surface area contributed by atoms with Crippen molar-refractivity contribution < 1.29 is 24.2 Å². The molecule has 1 aromatic carbocycles. The first-order valence-electron chi connectivity index (χ1n) is 6.37. The molecule has 0 spiro atoms. The second kappa shape index (κ2) is 9.06. The molecule has 0 heterocycles. The SMILES string of the molecule is CCOCCOCC(=O)NC(C(=O)O)c1ccccc1. The molecule has 6 heteroatoms. The Morgan fingerprint density at radius 2 is 1.85 bits per heavy atom. The summed E-state index contributed by atoms with van der Waals surface area (Å²) in [5.74, 6) is -1.59. The quantitative estimate of drug-likeness (QED) is 0.659. The Morgan fingerprint density at radius 1 is 1.20 bits per heavy atom. The first kappa shape index (κ1) is 16.1. The molecule has 110 valence electrons. The normalized spacial score (nSPS) is 11.8. The zero-order valence-corrected chi connectivity index (χ0v) is 11.4. The van der Waals surface area contributed by atoms with E-state index in [-0.39, 0.29) is 6.61 Å². The topological polar surface area (TPSA) is 84.9 Å². The fourth-order valence-corrected chi connectivity index (χ4v) is 1.56. The number of carbonyl (C=O) groups is 2. The van der Waals surface area contributed by atoms with E-state index >= 15 is 0 Å². The highest BCUT2D eigenvalue weighted by molar-refractivity contribution is 5.85. The number of hydrogen-bond acceptors (Lipinski definition) is 4. The fourth-order valence-electron chi connectivity index (χ4n) is 1.56. The van der Waals surface area contributed by atoms with E-state index in [4.69, 9.17) is 14.6 Å². The molecule has 0 aliphatic carbocycles. The molecule has 0 aliphatic rings. The molecule has 0 fully saturated rings. The van der Waals surface area contributed by atoms with Crippen molar-refractivity contribution in [3.8, 4) is 0 Å². The Morgan fingerprint density at radius 3 is 2.45 bits per heavy atom. The van der Waals surface area contributed by atoms with E-state index in [0.29, 0.717) is 25.4 Å². The molecule has 20 heavy (non-hydrogen) atoms. The molecule has 1 atom stereocenters. The van der Waals surface area contributed by atoms with Gasteiger partial charge in [-0.2, -0.15) is 0 Å². The van der Waals surface area contributed by atoms with Crippen molar-refractivity contribution in [3.63, 3.8) is 0 Å². The number of hydrogen-bond donors (Lipinski definition) is 2. The van der Waals surface area contributed by atoms with Gasteiger partial charge in [0.25, 0.3) is 0 Å². The summed E-state index contributed by atoms with van der Waals surface area (Å²) in [5, 5.41) is 11.6. The van der Waals surface area contributed by atoms with Crippen LogP contribution in [0, 0.1) is 0 Å². The monoisotopic (exact) mass is 281 g/mol. The minimum Gasteiger partial charge on any atom is -0.479 e. The molecule has 0 aliphatic heterocycles.